The van der Waals surface area contributed by atoms with Crippen LogP contribution >= 0.6 is 15.9 Å². The number of nitrogens with zero attached hydrogens (tertiary/aromatic N) is 1. The lowest BCUT2D eigenvalue weighted by atomic mass is 9.70. The van der Waals surface area contributed by atoms with Crippen LogP contribution in [0.15, 0.2) is 76.1 Å². The number of carbonyl (C=O) groups is 3. The van der Waals surface area contributed by atoms with E-state index in [0.717, 1.165) is 32.6 Å². The Morgan fingerprint density at radius 3 is 2.24 bits per heavy atom. The minimum Gasteiger partial charge on any atom is -0.490 e. The van der Waals surface area contributed by atoms with Crippen molar-refractivity contribution in [2.75, 3.05) is 13.2 Å². The molecule has 42 heavy (non-hydrogen) atoms. The smallest absolute Gasteiger partial charge is 0.305 e. The minimum atomic E-state index is -0.903. The average molecular weight is 635 g/mol. The number of ketones is 2. The zero-order chi connectivity index (χ0) is 29.8. The fraction of sp³-hybridized carbons (Fsp3) is 0.382. The number of halogens is 1. The lowest BCUT2D eigenvalue weighted by Gasteiger charge is -2.44. The molecule has 3 aliphatic rings. The number of allylic oxidation sites excluding steroid dienone is 5. The SMILES string of the molecule is C=CCc1cc(C2C3=C(CCCC3=O)N(CCC(=O)O)C3=C2C(=O)CCC3)cc(OCC)c1OCc1ccc(Br)cc1. The van der Waals surface area contributed by atoms with Crippen LogP contribution in [0.5, 0.6) is 11.5 Å². The van der Waals surface area contributed by atoms with Crippen molar-refractivity contribution in [1.29, 1.82) is 0 Å². The monoisotopic (exact) mass is 633 g/mol. The fourth-order valence-corrected chi connectivity index (χ4v) is 6.61. The average Bonchev–Trinajstić information content (AvgIpc) is 2.96. The van der Waals surface area contributed by atoms with E-state index in [1.165, 1.54) is 0 Å². The van der Waals surface area contributed by atoms with E-state index in [4.69, 9.17) is 9.47 Å². The summed E-state index contributed by atoms with van der Waals surface area (Å²) in [4.78, 5) is 40.8. The van der Waals surface area contributed by atoms with Crippen LogP contribution in [-0.4, -0.2) is 40.7 Å². The van der Waals surface area contributed by atoms with Gasteiger partial charge in [-0.15, -0.1) is 6.58 Å². The number of carbonyl (C=O) groups excluding carboxylic acids is 2. The second kappa shape index (κ2) is 13.1. The van der Waals surface area contributed by atoms with E-state index >= 15 is 0 Å². The fourth-order valence-electron chi connectivity index (χ4n) is 6.35. The molecule has 0 atom stereocenters. The molecular weight excluding hydrogens is 598 g/mol. The first-order chi connectivity index (χ1) is 20.3. The van der Waals surface area contributed by atoms with Crippen LogP contribution in [0, 0.1) is 0 Å². The van der Waals surface area contributed by atoms with Gasteiger partial charge in [-0.2, -0.15) is 0 Å². The molecule has 2 aromatic rings. The molecule has 2 aliphatic carbocycles. The van der Waals surface area contributed by atoms with Gasteiger partial charge >= 0.3 is 5.97 Å². The van der Waals surface area contributed by atoms with E-state index in [1.807, 2.05) is 54.3 Å². The molecule has 0 unspecified atom stereocenters. The number of benzene rings is 2. The Balaban J connectivity index is 1.64. The molecule has 0 amide bonds. The third-order valence-corrected chi connectivity index (χ3v) is 8.61. The molecule has 0 bridgehead atoms. The summed E-state index contributed by atoms with van der Waals surface area (Å²) in [5, 5.41) is 9.46. The Morgan fingerprint density at radius 2 is 1.67 bits per heavy atom. The summed E-state index contributed by atoms with van der Waals surface area (Å²) in [6, 6.07) is 11.9. The van der Waals surface area contributed by atoms with Gasteiger partial charge in [-0.1, -0.05) is 40.2 Å². The first kappa shape index (κ1) is 29.8. The molecule has 220 valence electrons. The zero-order valence-corrected chi connectivity index (χ0v) is 25.5. The van der Waals surface area contributed by atoms with Gasteiger partial charge in [0, 0.05) is 57.9 Å². The summed E-state index contributed by atoms with van der Waals surface area (Å²) in [6.45, 7) is 6.88. The first-order valence-corrected chi connectivity index (χ1v) is 15.4. The van der Waals surface area contributed by atoms with Crippen molar-refractivity contribution < 1.29 is 29.0 Å². The number of carboxylic acids is 1. The highest BCUT2D eigenvalue weighted by Gasteiger charge is 2.43. The Hall–Kier alpha value is -3.65. The maximum absolute atomic E-state index is 13.6. The van der Waals surface area contributed by atoms with Gasteiger partial charge in [0.25, 0.3) is 0 Å². The summed E-state index contributed by atoms with van der Waals surface area (Å²) in [7, 11) is 0. The number of hydrogen-bond acceptors (Lipinski definition) is 6. The second-order valence-corrected chi connectivity index (χ2v) is 11.8. The van der Waals surface area contributed by atoms with Crippen LogP contribution in [0.2, 0.25) is 0 Å². The lowest BCUT2D eigenvalue weighted by Crippen LogP contribution is -2.40. The number of aliphatic carboxylic acids is 1. The van der Waals surface area contributed by atoms with Crippen molar-refractivity contribution in [3.05, 3.63) is 92.8 Å². The van der Waals surface area contributed by atoms with Gasteiger partial charge in [-0.05, 0) is 68.4 Å². The highest BCUT2D eigenvalue weighted by Crippen LogP contribution is 2.50. The molecule has 2 aromatic carbocycles. The van der Waals surface area contributed by atoms with E-state index in [2.05, 4.69) is 22.5 Å². The van der Waals surface area contributed by atoms with Crippen LogP contribution in [0.1, 0.15) is 74.5 Å². The molecule has 0 spiro atoms. The third kappa shape index (κ3) is 6.09. The predicted octanol–water partition coefficient (Wildman–Crippen LogP) is 7.04. The summed E-state index contributed by atoms with van der Waals surface area (Å²) in [5.41, 5.74) is 5.66. The van der Waals surface area contributed by atoms with E-state index in [-0.39, 0.29) is 24.5 Å². The normalized spacial score (nSPS) is 17.2. The van der Waals surface area contributed by atoms with Crippen LogP contribution in [-0.2, 0) is 27.4 Å². The summed E-state index contributed by atoms with van der Waals surface area (Å²) >= 11 is 3.47. The number of carboxylic acid groups (broad SMARTS) is 1. The number of Topliss-reactive ketones (excluding diaryl/α,β-unsaturated/α-hetero) is 2. The van der Waals surface area contributed by atoms with Gasteiger partial charge in [0.15, 0.2) is 23.1 Å². The van der Waals surface area contributed by atoms with Gasteiger partial charge < -0.3 is 19.5 Å². The molecule has 5 rings (SSSR count). The van der Waals surface area contributed by atoms with Gasteiger partial charge in [-0.25, -0.2) is 0 Å². The van der Waals surface area contributed by atoms with Crippen LogP contribution in [0.25, 0.3) is 0 Å². The van der Waals surface area contributed by atoms with Crippen molar-refractivity contribution in [2.45, 2.75) is 70.8 Å². The lowest BCUT2D eigenvalue weighted by molar-refractivity contribution is -0.137. The van der Waals surface area contributed by atoms with Crippen molar-refractivity contribution in [2.24, 2.45) is 0 Å². The molecule has 7 nitrogen and oxygen atoms in total. The number of ether oxygens (including phenoxy) is 2. The van der Waals surface area contributed by atoms with Crippen molar-refractivity contribution >= 4 is 33.5 Å². The number of hydrogen-bond donors (Lipinski definition) is 1. The first-order valence-electron chi connectivity index (χ1n) is 14.6. The molecule has 1 N–H and O–H groups in total. The number of rotatable bonds is 11. The molecule has 8 heteroatoms. The highest BCUT2D eigenvalue weighted by atomic mass is 79.9. The minimum absolute atomic E-state index is 0.0188. The standard InChI is InChI=1S/C34H36BrNO6/c1-3-7-22-18-23(19-29(41-4-2)34(22)42-20-21-12-14-24(35)15-13-21)31-32-25(8-5-10-27(32)37)36(17-16-30(39)40)26-9-6-11-28(38)33(26)31/h3,12-15,18-19,31H,1,4-11,16-17,20H2,2H3,(H,39,40). The van der Waals surface area contributed by atoms with Gasteiger partial charge in [0.2, 0.25) is 0 Å². The summed E-state index contributed by atoms with van der Waals surface area (Å²) in [5.74, 6) is -0.209. The van der Waals surface area contributed by atoms with Crippen LogP contribution < -0.4 is 9.47 Å². The maximum Gasteiger partial charge on any atom is 0.305 e. The molecule has 0 saturated heterocycles. The Labute approximate surface area is 255 Å². The Morgan fingerprint density at radius 1 is 1.02 bits per heavy atom. The van der Waals surface area contributed by atoms with Crippen molar-refractivity contribution in [1.82, 2.24) is 4.90 Å². The Bertz CT molecular complexity index is 1430. The second-order valence-electron chi connectivity index (χ2n) is 10.9. The topological polar surface area (TPSA) is 93.1 Å². The Kier molecular flexibility index (Phi) is 9.31. The maximum atomic E-state index is 13.6. The molecule has 0 saturated carbocycles. The van der Waals surface area contributed by atoms with E-state index in [0.29, 0.717) is 80.8 Å². The third-order valence-electron chi connectivity index (χ3n) is 8.08. The largest absolute Gasteiger partial charge is 0.490 e. The zero-order valence-electron chi connectivity index (χ0n) is 23.9. The summed E-state index contributed by atoms with van der Waals surface area (Å²) < 4.78 is 13.5. The molecule has 0 radical (unpaired) electrons. The predicted molar refractivity (Wildman–Crippen MR) is 163 cm³/mol. The molecular formula is C34H36BrNO6. The quantitative estimate of drug-likeness (QED) is 0.265. The molecule has 0 fully saturated rings. The van der Waals surface area contributed by atoms with E-state index < -0.39 is 11.9 Å². The molecule has 0 aromatic heterocycles. The van der Waals surface area contributed by atoms with E-state index in [9.17, 15) is 19.5 Å². The van der Waals surface area contributed by atoms with Gasteiger partial charge in [-0.3, -0.25) is 14.4 Å². The van der Waals surface area contributed by atoms with Gasteiger partial charge in [0.05, 0.1) is 13.0 Å². The van der Waals surface area contributed by atoms with Crippen molar-refractivity contribution in [3.63, 3.8) is 0 Å². The highest BCUT2D eigenvalue weighted by molar-refractivity contribution is 9.10. The summed E-state index contributed by atoms with van der Waals surface area (Å²) in [6.07, 6.45) is 5.84. The van der Waals surface area contributed by atoms with Gasteiger partial charge in [0.1, 0.15) is 6.61 Å². The van der Waals surface area contributed by atoms with Crippen LogP contribution in [0.3, 0.4) is 0 Å². The molecule has 1 heterocycles. The van der Waals surface area contributed by atoms with Crippen LogP contribution in [0.4, 0.5) is 0 Å². The molecule has 1 aliphatic heterocycles. The van der Waals surface area contributed by atoms with Crippen molar-refractivity contribution in [3.8, 4) is 11.5 Å². The van der Waals surface area contributed by atoms with E-state index in [1.54, 1.807) is 0 Å².